The van der Waals surface area contributed by atoms with E-state index in [0.29, 0.717) is 24.2 Å². The molecule has 1 aliphatic heterocycles. The first-order valence-electron chi connectivity index (χ1n) is 8.70. The van der Waals surface area contributed by atoms with Crippen LogP contribution in [-0.2, 0) is 4.79 Å². The number of carbonyl (C=O) groups is 2. The summed E-state index contributed by atoms with van der Waals surface area (Å²) in [4.78, 5) is 26.1. The van der Waals surface area contributed by atoms with Gasteiger partial charge < -0.3 is 15.0 Å². The van der Waals surface area contributed by atoms with Gasteiger partial charge in [0.25, 0.3) is 5.91 Å². The summed E-state index contributed by atoms with van der Waals surface area (Å²) >= 11 is 0. The van der Waals surface area contributed by atoms with Crippen molar-refractivity contribution in [2.24, 2.45) is 0 Å². The number of benzene rings is 2. The van der Waals surface area contributed by atoms with Crippen molar-refractivity contribution in [3.63, 3.8) is 0 Å². The highest BCUT2D eigenvalue weighted by atomic mass is 19.3. The van der Waals surface area contributed by atoms with Crippen molar-refractivity contribution in [1.82, 2.24) is 5.32 Å². The van der Waals surface area contributed by atoms with Gasteiger partial charge in [0, 0.05) is 24.2 Å². The lowest BCUT2D eigenvalue weighted by Gasteiger charge is -2.18. The van der Waals surface area contributed by atoms with Crippen LogP contribution in [0.2, 0.25) is 0 Å². The van der Waals surface area contributed by atoms with Crippen molar-refractivity contribution >= 4 is 17.5 Å². The monoisotopic (exact) mass is 374 g/mol. The molecule has 0 bridgehead atoms. The van der Waals surface area contributed by atoms with E-state index in [0.717, 1.165) is 12.0 Å². The van der Waals surface area contributed by atoms with Gasteiger partial charge in [-0.05, 0) is 49.2 Å². The molecule has 2 aromatic carbocycles. The van der Waals surface area contributed by atoms with E-state index in [2.05, 4.69) is 10.1 Å². The summed E-state index contributed by atoms with van der Waals surface area (Å²) in [5, 5.41) is 2.87. The van der Waals surface area contributed by atoms with Crippen molar-refractivity contribution in [3.05, 3.63) is 59.7 Å². The average Bonchev–Trinajstić information content (AvgIpc) is 3.08. The molecule has 2 aromatic rings. The van der Waals surface area contributed by atoms with Gasteiger partial charge in [-0.3, -0.25) is 9.59 Å². The SMILES string of the molecule is CC(NC(=O)c1cccc(N2CCCC2=O)c1)c1ccc(OC(F)F)cc1. The van der Waals surface area contributed by atoms with Crippen LogP contribution in [0.25, 0.3) is 0 Å². The topological polar surface area (TPSA) is 58.6 Å². The van der Waals surface area contributed by atoms with Gasteiger partial charge in [-0.1, -0.05) is 18.2 Å². The Labute approximate surface area is 155 Å². The third-order valence-corrected chi connectivity index (χ3v) is 4.45. The van der Waals surface area contributed by atoms with Crippen molar-refractivity contribution in [2.45, 2.75) is 32.4 Å². The predicted molar refractivity (Wildman–Crippen MR) is 97.0 cm³/mol. The van der Waals surface area contributed by atoms with E-state index in [1.54, 1.807) is 42.2 Å². The second-order valence-electron chi connectivity index (χ2n) is 6.34. The summed E-state index contributed by atoms with van der Waals surface area (Å²) in [6.07, 6.45) is 1.34. The normalized spacial score (nSPS) is 15.1. The maximum absolute atomic E-state index is 12.6. The lowest BCUT2D eigenvalue weighted by Crippen LogP contribution is -2.27. The standard InChI is InChI=1S/C20H20F2N2O3/c1-13(14-7-9-17(10-8-14)27-20(21)22)23-19(26)15-4-2-5-16(12-15)24-11-3-6-18(24)25/h2,4-5,7-10,12-13,20H,3,6,11H2,1H3,(H,23,26). The number of halogens is 2. The number of rotatable bonds is 6. The Hall–Kier alpha value is -2.96. The van der Waals surface area contributed by atoms with Crippen LogP contribution >= 0.6 is 0 Å². The first-order valence-corrected chi connectivity index (χ1v) is 8.70. The third kappa shape index (κ3) is 4.61. The van der Waals surface area contributed by atoms with Gasteiger partial charge in [0.15, 0.2) is 0 Å². The summed E-state index contributed by atoms with van der Waals surface area (Å²) in [6, 6.07) is 12.7. The molecule has 5 nitrogen and oxygen atoms in total. The Morgan fingerprint density at radius 1 is 1.19 bits per heavy atom. The van der Waals surface area contributed by atoms with Crippen LogP contribution in [0.5, 0.6) is 5.75 Å². The predicted octanol–water partition coefficient (Wildman–Crippen LogP) is 3.91. The van der Waals surface area contributed by atoms with Crippen LogP contribution in [0.4, 0.5) is 14.5 Å². The van der Waals surface area contributed by atoms with E-state index in [1.165, 1.54) is 12.1 Å². The zero-order valence-corrected chi connectivity index (χ0v) is 14.8. The second-order valence-corrected chi connectivity index (χ2v) is 6.34. The zero-order valence-electron chi connectivity index (χ0n) is 14.8. The molecule has 0 radical (unpaired) electrons. The molecule has 0 aromatic heterocycles. The Morgan fingerprint density at radius 2 is 1.93 bits per heavy atom. The fourth-order valence-electron chi connectivity index (χ4n) is 3.04. The molecule has 142 valence electrons. The maximum atomic E-state index is 12.6. The van der Waals surface area contributed by atoms with Crippen LogP contribution in [0, 0.1) is 0 Å². The van der Waals surface area contributed by atoms with Crippen molar-refractivity contribution in [3.8, 4) is 5.75 Å². The minimum atomic E-state index is -2.87. The molecule has 1 heterocycles. The number of carbonyl (C=O) groups excluding carboxylic acids is 2. The molecule has 0 saturated carbocycles. The van der Waals surface area contributed by atoms with Gasteiger partial charge in [-0.15, -0.1) is 0 Å². The number of anilines is 1. The minimum absolute atomic E-state index is 0.0621. The highest BCUT2D eigenvalue weighted by Crippen LogP contribution is 2.23. The van der Waals surface area contributed by atoms with Gasteiger partial charge in [-0.25, -0.2) is 0 Å². The molecule has 0 aliphatic carbocycles. The average molecular weight is 374 g/mol. The number of hydrogen-bond donors (Lipinski definition) is 1. The number of nitrogens with zero attached hydrogens (tertiary/aromatic N) is 1. The molecule has 1 N–H and O–H groups in total. The summed E-state index contributed by atoms with van der Waals surface area (Å²) < 4.78 is 28.7. The van der Waals surface area contributed by atoms with E-state index < -0.39 is 6.61 Å². The number of nitrogens with one attached hydrogen (secondary N) is 1. The molecular formula is C20H20F2N2O3. The molecule has 1 saturated heterocycles. The summed E-state index contributed by atoms with van der Waals surface area (Å²) in [6.45, 7) is -0.412. The molecule has 1 fully saturated rings. The van der Waals surface area contributed by atoms with Gasteiger partial charge >= 0.3 is 6.61 Å². The summed E-state index contributed by atoms with van der Waals surface area (Å²) in [7, 11) is 0. The summed E-state index contributed by atoms with van der Waals surface area (Å²) in [5.41, 5.74) is 1.93. The van der Waals surface area contributed by atoms with Crippen molar-refractivity contribution < 1.29 is 23.1 Å². The molecule has 0 spiro atoms. The van der Waals surface area contributed by atoms with Gasteiger partial charge in [0.05, 0.1) is 6.04 Å². The Morgan fingerprint density at radius 3 is 2.56 bits per heavy atom. The van der Waals surface area contributed by atoms with E-state index in [4.69, 9.17) is 0 Å². The Kier molecular flexibility index (Phi) is 5.69. The summed E-state index contributed by atoms with van der Waals surface area (Å²) in [5.74, 6) is -0.147. The Balaban J connectivity index is 1.67. The number of alkyl halides is 2. The number of ether oxygens (including phenoxy) is 1. The van der Waals surface area contributed by atoms with Crippen LogP contribution in [0.15, 0.2) is 48.5 Å². The van der Waals surface area contributed by atoms with Gasteiger partial charge in [0.1, 0.15) is 5.75 Å². The number of hydrogen-bond acceptors (Lipinski definition) is 3. The highest BCUT2D eigenvalue weighted by Gasteiger charge is 2.22. The first kappa shape index (κ1) is 18.8. The van der Waals surface area contributed by atoms with Crippen molar-refractivity contribution in [2.75, 3.05) is 11.4 Å². The minimum Gasteiger partial charge on any atom is -0.435 e. The largest absolute Gasteiger partial charge is 0.435 e. The molecular weight excluding hydrogens is 354 g/mol. The van der Waals surface area contributed by atoms with Crippen molar-refractivity contribution in [1.29, 1.82) is 0 Å². The maximum Gasteiger partial charge on any atom is 0.387 e. The van der Waals surface area contributed by atoms with Crippen LogP contribution in [-0.4, -0.2) is 25.0 Å². The van der Waals surface area contributed by atoms with E-state index in [9.17, 15) is 18.4 Å². The fraction of sp³-hybridized carbons (Fsp3) is 0.300. The van der Waals surface area contributed by atoms with E-state index >= 15 is 0 Å². The van der Waals surface area contributed by atoms with Crippen LogP contribution in [0.3, 0.4) is 0 Å². The Bertz CT molecular complexity index is 824. The second kappa shape index (κ2) is 8.16. The quantitative estimate of drug-likeness (QED) is 0.834. The zero-order chi connectivity index (χ0) is 19.4. The molecule has 3 rings (SSSR count). The highest BCUT2D eigenvalue weighted by molar-refractivity contribution is 5.99. The lowest BCUT2D eigenvalue weighted by molar-refractivity contribution is -0.117. The first-order chi connectivity index (χ1) is 12.9. The molecule has 27 heavy (non-hydrogen) atoms. The van der Waals surface area contributed by atoms with E-state index in [-0.39, 0.29) is 23.6 Å². The molecule has 7 heteroatoms. The van der Waals surface area contributed by atoms with Crippen LogP contribution in [0.1, 0.15) is 41.7 Å². The smallest absolute Gasteiger partial charge is 0.387 e. The molecule has 1 aliphatic rings. The molecule has 1 unspecified atom stereocenters. The van der Waals surface area contributed by atoms with E-state index in [1.807, 2.05) is 6.07 Å². The lowest BCUT2D eigenvalue weighted by atomic mass is 10.1. The van der Waals surface area contributed by atoms with Gasteiger partial charge in [0.2, 0.25) is 5.91 Å². The van der Waals surface area contributed by atoms with Gasteiger partial charge in [-0.2, -0.15) is 8.78 Å². The van der Waals surface area contributed by atoms with Crippen LogP contribution < -0.4 is 15.0 Å². The third-order valence-electron chi connectivity index (χ3n) is 4.45. The molecule has 1 atom stereocenters. The molecule has 2 amide bonds. The fourth-order valence-corrected chi connectivity index (χ4v) is 3.04. The number of amides is 2.